The molecule has 1 unspecified atom stereocenters. The van der Waals surface area contributed by atoms with Crippen LogP contribution in [0.4, 0.5) is 0 Å². The zero-order valence-corrected chi connectivity index (χ0v) is 12.2. The first-order valence-electron chi connectivity index (χ1n) is 6.77. The molecule has 2 rings (SSSR count). The van der Waals surface area contributed by atoms with Gasteiger partial charge in [-0.15, -0.1) is 0 Å². The second kappa shape index (κ2) is 5.72. The molecule has 2 N–H and O–H groups in total. The van der Waals surface area contributed by atoms with Crippen LogP contribution in [0.3, 0.4) is 0 Å². The number of likely N-dealkylation sites (N-methyl/N-ethyl adjacent to an activating group) is 1. The molecule has 4 heteroatoms. The Kier molecular flexibility index (Phi) is 4.22. The second-order valence-electron chi connectivity index (χ2n) is 5.50. The summed E-state index contributed by atoms with van der Waals surface area (Å²) in [5.41, 5.74) is 8.87. The lowest BCUT2D eigenvalue weighted by Crippen LogP contribution is -2.41. The first-order chi connectivity index (χ1) is 9.01. The van der Waals surface area contributed by atoms with Crippen molar-refractivity contribution in [2.24, 2.45) is 11.7 Å². The number of aromatic nitrogens is 1. The number of oxazole rings is 1. The van der Waals surface area contributed by atoms with Gasteiger partial charge in [-0.2, -0.15) is 0 Å². The van der Waals surface area contributed by atoms with Crippen LogP contribution >= 0.6 is 0 Å². The van der Waals surface area contributed by atoms with Gasteiger partial charge in [0.05, 0.1) is 0 Å². The Morgan fingerprint density at radius 2 is 2.11 bits per heavy atom. The minimum absolute atomic E-state index is 0.398. The molecule has 1 aromatic heterocycles. The summed E-state index contributed by atoms with van der Waals surface area (Å²) < 4.78 is 5.49. The molecule has 1 heterocycles. The fourth-order valence-electron chi connectivity index (χ4n) is 2.55. The molecule has 0 amide bonds. The van der Waals surface area contributed by atoms with Crippen LogP contribution in [0.5, 0.6) is 0 Å². The van der Waals surface area contributed by atoms with E-state index in [0.29, 0.717) is 24.4 Å². The van der Waals surface area contributed by atoms with Crippen molar-refractivity contribution in [1.82, 2.24) is 9.88 Å². The van der Waals surface area contributed by atoms with E-state index in [-0.39, 0.29) is 0 Å². The minimum atomic E-state index is 0.398. The highest BCUT2D eigenvalue weighted by Crippen LogP contribution is 2.19. The highest BCUT2D eigenvalue weighted by Gasteiger charge is 2.17. The van der Waals surface area contributed by atoms with E-state index in [9.17, 15) is 0 Å². The Bertz CT molecular complexity index is 547. The summed E-state index contributed by atoms with van der Waals surface area (Å²) in [6.07, 6.45) is 0. The van der Waals surface area contributed by atoms with Gasteiger partial charge in [0, 0.05) is 26.1 Å². The van der Waals surface area contributed by atoms with E-state index in [4.69, 9.17) is 10.2 Å². The third kappa shape index (κ3) is 3.14. The Morgan fingerprint density at radius 1 is 1.37 bits per heavy atom. The lowest BCUT2D eigenvalue weighted by Gasteiger charge is -2.30. The van der Waals surface area contributed by atoms with Crippen LogP contribution in [-0.4, -0.2) is 29.5 Å². The molecule has 2 aromatic rings. The van der Waals surface area contributed by atoms with E-state index in [1.54, 1.807) is 0 Å². The van der Waals surface area contributed by atoms with E-state index in [0.717, 1.165) is 17.6 Å². The predicted octanol–water partition coefficient (Wildman–Crippen LogP) is 2.55. The Morgan fingerprint density at radius 3 is 2.74 bits per heavy atom. The topological polar surface area (TPSA) is 55.3 Å². The largest absolute Gasteiger partial charge is 0.441 e. The van der Waals surface area contributed by atoms with E-state index in [1.165, 1.54) is 5.56 Å². The van der Waals surface area contributed by atoms with Gasteiger partial charge in [0.2, 0.25) is 0 Å². The quantitative estimate of drug-likeness (QED) is 0.898. The highest BCUT2D eigenvalue weighted by molar-refractivity contribution is 5.73. The monoisotopic (exact) mass is 261 g/mol. The number of nitrogens with zero attached hydrogens (tertiary/aromatic N) is 2. The van der Waals surface area contributed by atoms with Crippen molar-refractivity contribution >= 4 is 11.1 Å². The predicted molar refractivity (Wildman–Crippen MR) is 77.9 cm³/mol. The van der Waals surface area contributed by atoms with Gasteiger partial charge in [-0.25, -0.2) is 4.98 Å². The molecule has 0 saturated heterocycles. The van der Waals surface area contributed by atoms with Gasteiger partial charge in [-0.3, -0.25) is 4.90 Å². The molecule has 0 aliphatic carbocycles. The summed E-state index contributed by atoms with van der Waals surface area (Å²) in [4.78, 5) is 6.68. The second-order valence-corrected chi connectivity index (χ2v) is 5.50. The maximum Gasteiger partial charge on any atom is 0.192 e. The molecular weight excluding hydrogens is 238 g/mol. The van der Waals surface area contributed by atoms with E-state index >= 15 is 0 Å². The van der Waals surface area contributed by atoms with Gasteiger partial charge in [-0.1, -0.05) is 19.9 Å². The van der Waals surface area contributed by atoms with Gasteiger partial charge in [0.1, 0.15) is 5.52 Å². The van der Waals surface area contributed by atoms with Gasteiger partial charge in [0.15, 0.2) is 11.5 Å². The number of aryl methyl sites for hydroxylation is 1. The minimum Gasteiger partial charge on any atom is -0.441 e. The summed E-state index contributed by atoms with van der Waals surface area (Å²) in [5.74, 6) is 1.26. The molecular formula is C15H23N3O. The average Bonchev–Trinajstić information content (AvgIpc) is 2.68. The van der Waals surface area contributed by atoms with Crippen LogP contribution in [-0.2, 0) is 6.54 Å². The van der Waals surface area contributed by atoms with Crippen LogP contribution in [0, 0.1) is 12.8 Å². The molecule has 1 aromatic carbocycles. The number of benzene rings is 1. The van der Waals surface area contributed by atoms with E-state index in [2.05, 4.69) is 42.9 Å². The van der Waals surface area contributed by atoms with Crippen LogP contribution < -0.4 is 5.73 Å². The summed E-state index contributed by atoms with van der Waals surface area (Å²) >= 11 is 0. The van der Waals surface area contributed by atoms with Crippen LogP contribution in [0.25, 0.3) is 11.1 Å². The standard InChI is InChI=1S/C15H23N3O/c1-10(2)14(8-16)18(4)9-12-5-6-15-13(7-12)17-11(3)19-15/h5-7,10,14H,8-9,16H2,1-4H3. The molecule has 0 bridgehead atoms. The van der Waals surface area contributed by atoms with Crippen molar-refractivity contribution in [1.29, 1.82) is 0 Å². The molecule has 104 valence electrons. The van der Waals surface area contributed by atoms with Crippen molar-refractivity contribution in [3.05, 3.63) is 29.7 Å². The zero-order chi connectivity index (χ0) is 14.0. The lowest BCUT2D eigenvalue weighted by molar-refractivity contribution is 0.190. The Hall–Kier alpha value is -1.39. The maximum absolute atomic E-state index is 5.85. The summed E-state index contributed by atoms with van der Waals surface area (Å²) in [7, 11) is 2.12. The number of hydrogen-bond acceptors (Lipinski definition) is 4. The molecule has 0 aliphatic rings. The smallest absolute Gasteiger partial charge is 0.192 e. The first-order valence-corrected chi connectivity index (χ1v) is 6.77. The number of rotatable bonds is 5. The summed E-state index contributed by atoms with van der Waals surface area (Å²) in [6.45, 7) is 7.84. The summed E-state index contributed by atoms with van der Waals surface area (Å²) in [6, 6.07) is 6.58. The zero-order valence-electron chi connectivity index (χ0n) is 12.2. The highest BCUT2D eigenvalue weighted by atomic mass is 16.3. The number of hydrogen-bond donors (Lipinski definition) is 1. The van der Waals surface area contributed by atoms with Gasteiger partial charge < -0.3 is 10.2 Å². The lowest BCUT2D eigenvalue weighted by atomic mass is 10.0. The number of fused-ring (bicyclic) bond motifs is 1. The molecule has 0 radical (unpaired) electrons. The van der Waals surface area contributed by atoms with Crippen molar-refractivity contribution in [3.63, 3.8) is 0 Å². The number of nitrogens with two attached hydrogens (primary N) is 1. The van der Waals surface area contributed by atoms with Crippen molar-refractivity contribution in [2.45, 2.75) is 33.4 Å². The molecule has 0 aliphatic heterocycles. The normalized spacial score (nSPS) is 13.6. The van der Waals surface area contributed by atoms with Crippen LogP contribution in [0.2, 0.25) is 0 Å². The first kappa shape index (κ1) is 14.0. The Labute approximate surface area is 114 Å². The van der Waals surface area contributed by atoms with Gasteiger partial charge >= 0.3 is 0 Å². The van der Waals surface area contributed by atoms with Crippen LogP contribution in [0.15, 0.2) is 22.6 Å². The Balaban J connectivity index is 2.16. The van der Waals surface area contributed by atoms with Crippen molar-refractivity contribution in [3.8, 4) is 0 Å². The average molecular weight is 261 g/mol. The van der Waals surface area contributed by atoms with Gasteiger partial charge in [-0.05, 0) is 30.7 Å². The van der Waals surface area contributed by atoms with E-state index in [1.807, 2.05) is 13.0 Å². The SMILES string of the molecule is Cc1nc2cc(CN(C)C(CN)C(C)C)ccc2o1. The van der Waals surface area contributed by atoms with Gasteiger partial charge in [0.25, 0.3) is 0 Å². The third-order valence-corrected chi connectivity index (χ3v) is 3.57. The fraction of sp³-hybridized carbons (Fsp3) is 0.533. The van der Waals surface area contributed by atoms with Crippen molar-refractivity contribution < 1.29 is 4.42 Å². The van der Waals surface area contributed by atoms with Crippen LogP contribution in [0.1, 0.15) is 25.3 Å². The molecule has 19 heavy (non-hydrogen) atoms. The molecule has 0 spiro atoms. The van der Waals surface area contributed by atoms with Crippen molar-refractivity contribution in [2.75, 3.05) is 13.6 Å². The molecule has 1 atom stereocenters. The fourth-order valence-corrected chi connectivity index (χ4v) is 2.55. The molecule has 0 fully saturated rings. The maximum atomic E-state index is 5.85. The third-order valence-electron chi connectivity index (χ3n) is 3.57. The molecule has 0 saturated carbocycles. The molecule has 4 nitrogen and oxygen atoms in total. The van der Waals surface area contributed by atoms with E-state index < -0.39 is 0 Å². The summed E-state index contributed by atoms with van der Waals surface area (Å²) in [5, 5.41) is 0.